The zero-order chi connectivity index (χ0) is 19.2. The standard InChI is InChI=1S/C23H28N4O/c1-2-3-9-18-28-22-20-12-7-8-13-21(20)24-23(25-22)27-16-14-26(15-17-27)19-10-5-4-6-11-19/h4-8,10-13H,2-3,9,14-18H2,1H3. The molecule has 3 aromatic rings. The zero-order valence-electron chi connectivity index (χ0n) is 16.6. The molecule has 1 aliphatic heterocycles. The van der Waals surface area contributed by atoms with Crippen LogP contribution >= 0.6 is 0 Å². The van der Waals surface area contributed by atoms with E-state index < -0.39 is 0 Å². The molecular formula is C23H28N4O. The molecule has 0 N–H and O–H groups in total. The predicted octanol–water partition coefficient (Wildman–Crippen LogP) is 4.53. The molecule has 2 heterocycles. The lowest BCUT2D eigenvalue weighted by atomic mass is 10.2. The molecule has 2 aromatic carbocycles. The van der Waals surface area contributed by atoms with Gasteiger partial charge in [-0.25, -0.2) is 4.98 Å². The molecule has 0 bridgehead atoms. The van der Waals surface area contributed by atoms with Crippen molar-refractivity contribution >= 4 is 22.5 Å². The van der Waals surface area contributed by atoms with E-state index in [1.807, 2.05) is 24.3 Å². The molecule has 1 saturated heterocycles. The minimum Gasteiger partial charge on any atom is -0.477 e. The Morgan fingerprint density at radius 3 is 2.32 bits per heavy atom. The summed E-state index contributed by atoms with van der Waals surface area (Å²) in [5, 5.41) is 0.991. The minimum absolute atomic E-state index is 0.704. The molecule has 1 aromatic heterocycles. The summed E-state index contributed by atoms with van der Waals surface area (Å²) in [6.07, 6.45) is 3.42. The molecule has 0 aliphatic carbocycles. The van der Waals surface area contributed by atoms with Crippen molar-refractivity contribution in [2.45, 2.75) is 26.2 Å². The molecule has 0 amide bonds. The van der Waals surface area contributed by atoms with Gasteiger partial charge in [0.05, 0.1) is 17.5 Å². The quantitative estimate of drug-likeness (QED) is 0.567. The van der Waals surface area contributed by atoms with Crippen LogP contribution in [-0.4, -0.2) is 42.8 Å². The smallest absolute Gasteiger partial charge is 0.229 e. The fourth-order valence-electron chi connectivity index (χ4n) is 3.61. The van der Waals surface area contributed by atoms with Crippen LogP contribution in [0, 0.1) is 0 Å². The average molecular weight is 377 g/mol. The Bertz CT molecular complexity index is 892. The Morgan fingerprint density at radius 1 is 0.821 bits per heavy atom. The Balaban J connectivity index is 1.50. The van der Waals surface area contributed by atoms with E-state index in [-0.39, 0.29) is 0 Å². The number of hydrogen-bond acceptors (Lipinski definition) is 5. The summed E-state index contributed by atoms with van der Waals surface area (Å²) in [6, 6.07) is 18.7. The van der Waals surface area contributed by atoms with Crippen LogP contribution < -0.4 is 14.5 Å². The van der Waals surface area contributed by atoms with E-state index in [1.165, 1.54) is 18.5 Å². The first-order valence-corrected chi connectivity index (χ1v) is 10.3. The molecule has 5 heteroatoms. The van der Waals surface area contributed by atoms with Gasteiger partial charge < -0.3 is 14.5 Å². The topological polar surface area (TPSA) is 41.5 Å². The van der Waals surface area contributed by atoms with Crippen molar-refractivity contribution in [3.05, 3.63) is 54.6 Å². The zero-order valence-corrected chi connectivity index (χ0v) is 16.6. The number of benzene rings is 2. The van der Waals surface area contributed by atoms with Crippen LogP contribution in [0.1, 0.15) is 26.2 Å². The van der Waals surface area contributed by atoms with Crippen LogP contribution in [0.15, 0.2) is 54.6 Å². The van der Waals surface area contributed by atoms with Crippen molar-refractivity contribution in [1.82, 2.24) is 9.97 Å². The van der Waals surface area contributed by atoms with Gasteiger partial charge in [-0.1, -0.05) is 50.1 Å². The van der Waals surface area contributed by atoms with Crippen LogP contribution in [0.3, 0.4) is 0 Å². The van der Waals surface area contributed by atoms with Gasteiger partial charge in [0.1, 0.15) is 0 Å². The number of unbranched alkanes of at least 4 members (excludes halogenated alkanes) is 2. The lowest BCUT2D eigenvalue weighted by Crippen LogP contribution is -2.47. The Labute approximate surface area is 167 Å². The van der Waals surface area contributed by atoms with Gasteiger partial charge in [0.15, 0.2) is 0 Å². The first-order valence-electron chi connectivity index (χ1n) is 10.3. The summed E-state index contributed by atoms with van der Waals surface area (Å²) in [4.78, 5) is 14.3. The van der Waals surface area contributed by atoms with Crippen molar-refractivity contribution in [3.8, 4) is 5.88 Å². The molecule has 0 atom stereocenters. The molecule has 1 aliphatic rings. The number of ether oxygens (including phenoxy) is 1. The van der Waals surface area contributed by atoms with Gasteiger partial charge >= 0.3 is 0 Å². The first-order chi connectivity index (χ1) is 13.8. The Morgan fingerprint density at radius 2 is 1.54 bits per heavy atom. The highest BCUT2D eigenvalue weighted by molar-refractivity contribution is 5.84. The van der Waals surface area contributed by atoms with E-state index in [1.54, 1.807) is 0 Å². The van der Waals surface area contributed by atoms with Crippen molar-refractivity contribution in [3.63, 3.8) is 0 Å². The van der Waals surface area contributed by atoms with Crippen LogP contribution in [0.4, 0.5) is 11.6 Å². The van der Waals surface area contributed by atoms with E-state index >= 15 is 0 Å². The van der Waals surface area contributed by atoms with Gasteiger partial charge in [-0.3, -0.25) is 0 Å². The number of nitrogens with zero attached hydrogens (tertiary/aromatic N) is 4. The minimum atomic E-state index is 0.704. The summed E-state index contributed by atoms with van der Waals surface area (Å²) in [7, 11) is 0. The summed E-state index contributed by atoms with van der Waals surface area (Å²) < 4.78 is 6.06. The fraction of sp³-hybridized carbons (Fsp3) is 0.391. The number of fused-ring (bicyclic) bond motifs is 1. The van der Waals surface area contributed by atoms with Crippen molar-refractivity contribution in [2.24, 2.45) is 0 Å². The lowest BCUT2D eigenvalue weighted by Gasteiger charge is -2.36. The maximum Gasteiger partial charge on any atom is 0.229 e. The summed E-state index contributed by atoms with van der Waals surface area (Å²) in [6.45, 7) is 6.65. The maximum absolute atomic E-state index is 6.06. The number of hydrogen-bond donors (Lipinski definition) is 0. The molecule has 0 spiro atoms. The SMILES string of the molecule is CCCCCOc1nc(N2CCN(c3ccccc3)CC2)nc2ccccc12. The highest BCUT2D eigenvalue weighted by Gasteiger charge is 2.21. The highest BCUT2D eigenvalue weighted by atomic mass is 16.5. The Hall–Kier alpha value is -2.82. The van der Waals surface area contributed by atoms with Crippen LogP contribution in [0.25, 0.3) is 10.9 Å². The average Bonchev–Trinajstić information content (AvgIpc) is 2.77. The van der Waals surface area contributed by atoms with Gasteiger partial charge in [0, 0.05) is 31.9 Å². The molecule has 5 nitrogen and oxygen atoms in total. The van der Waals surface area contributed by atoms with Gasteiger partial charge in [0.2, 0.25) is 11.8 Å². The van der Waals surface area contributed by atoms with Crippen LogP contribution in [0.2, 0.25) is 0 Å². The summed E-state index contributed by atoms with van der Waals surface area (Å²) >= 11 is 0. The number of para-hydroxylation sites is 2. The summed E-state index contributed by atoms with van der Waals surface area (Å²) in [5.74, 6) is 1.49. The highest BCUT2D eigenvalue weighted by Crippen LogP contribution is 2.26. The number of aromatic nitrogens is 2. The van der Waals surface area contributed by atoms with Crippen molar-refractivity contribution in [1.29, 1.82) is 0 Å². The lowest BCUT2D eigenvalue weighted by molar-refractivity contribution is 0.298. The van der Waals surface area contributed by atoms with E-state index in [0.717, 1.165) is 49.5 Å². The molecule has 1 fully saturated rings. The molecule has 146 valence electrons. The van der Waals surface area contributed by atoms with Gasteiger partial charge in [-0.15, -0.1) is 0 Å². The normalized spacial score (nSPS) is 14.5. The van der Waals surface area contributed by atoms with E-state index in [2.05, 4.69) is 47.1 Å². The van der Waals surface area contributed by atoms with Crippen LogP contribution in [0.5, 0.6) is 5.88 Å². The third kappa shape index (κ3) is 4.19. The molecular weight excluding hydrogens is 348 g/mol. The first kappa shape index (κ1) is 18.5. The number of rotatable bonds is 7. The second-order valence-corrected chi connectivity index (χ2v) is 7.21. The van der Waals surface area contributed by atoms with E-state index in [0.29, 0.717) is 12.5 Å². The van der Waals surface area contributed by atoms with Crippen molar-refractivity contribution < 1.29 is 4.74 Å². The second-order valence-electron chi connectivity index (χ2n) is 7.21. The third-order valence-electron chi connectivity index (χ3n) is 5.23. The van der Waals surface area contributed by atoms with Gasteiger partial charge in [0.25, 0.3) is 0 Å². The second kappa shape index (κ2) is 8.91. The molecule has 4 rings (SSSR count). The van der Waals surface area contributed by atoms with Gasteiger partial charge in [-0.05, 0) is 30.7 Å². The summed E-state index contributed by atoms with van der Waals surface area (Å²) in [5.41, 5.74) is 2.23. The number of piperazine rings is 1. The van der Waals surface area contributed by atoms with Gasteiger partial charge in [-0.2, -0.15) is 4.98 Å². The van der Waals surface area contributed by atoms with Crippen molar-refractivity contribution in [2.75, 3.05) is 42.6 Å². The largest absolute Gasteiger partial charge is 0.477 e. The molecule has 0 radical (unpaired) electrons. The van der Waals surface area contributed by atoms with Crippen LogP contribution in [-0.2, 0) is 0 Å². The fourth-order valence-corrected chi connectivity index (χ4v) is 3.61. The predicted molar refractivity (Wildman–Crippen MR) is 115 cm³/mol. The molecule has 0 unspecified atom stereocenters. The number of anilines is 2. The van der Waals surface area contributed by atoms with E-state index in [4.69, 9.17) is 14.7 Å². The Kier molecular flexibility index (Phi) is 5.90. The molecule has 28 heavy (non-hydrogen) atoms. The molecule has 0 saturated carbocycles. The van der Waals surface area contributed by atoms with E-state index in [9.17, 15) is 0 Å². The third-order valence-corrected chi connectivity index (χ3v) is 5.23. The monoisotopic (exact) mass is 376 g/mol. The maximum atomic E-state index is 6.06.